The molecular weight excluding hydrogens is 206 g/mol. The summed E-state index contributed by atoms with van der Waals surface area (Å²) < 4.78 is 10.3. The summed E-state index contributed by atoms with van der Waals surface area (Å²) in [5, 5.41) is 9.40. The van der Waals surface area contributed by atoms with Gasteiger partial charge in [0.2, 0.25) is 0 Å². The molecule has 1 aliphatic rings. The van der Waals surface area contributed by atoms with Gasteiger partial charge in [0.05, 0.1) is 32.3 Å². The lowest BCUT2D eigenvalue weighted by Crippen LogP contribution is -2.52. The third kappa shape index (κ3) is 1.80. The summed E-state index contributed by atoms with van der Waals surface area (Å²) in [4.78, 5) is 0. The SMILES string of the molecule is COc1cccc(C(N)C2(CO)COC2)c1. The van der Waals surface area contributed by atoms with Gasteiger partial charge in [-0.3, -0.25) is 0 Å². The highest BCUT2D eigenvalue weighted by Gasteiger charge is 2.44. The Morgan fingerprint density at radius 2 is 2.31 bits per heavy atom. The van der Waals surface area contributed by atoms with Gasteiger partial charge in [-0.15, -0.1) is 0 Å². The van der Waals surface area contributed by atoms with E-state index in [0.29, 0.717) is 13.2 Å². The van der Waals surface area contributed by atoms with Gasteiger partial charge in [0.1, 0.15) is 5.75 Å². The van der Waals surface area contributed by atoms with Crippen LogP contribution in [-0.4, -0.2) is 32.0 Å². The zero-order valence-electron chi connectivity index (χ0n) is 9.35. The molecule has 0 aromatic heterocycles. The molecule has 0 amide bonds. The zero-order chi connectivity index (χ0) is 11.6. The van der Waals surface area contributed by atoms with Crippen LogP contribution in [0, 0.1) is 5.41 Å². The molecule has 0 saturated carbocycles. The van der Waals surface area contributed by atoms with Gasteiger partial charge in [0.15, 0.2) is 0 Å². The number of aliphatic hydroxyl groups is 1. The number of hydrogen-bond donors (Lipinski definition) is 2. The average molecular weight is 223 g/mol. The largest absolute Gasteiger partial charge is 0.497 e. The molecular formula is C12H17NO3. The van der Waals surface area contributed by atoms with Crippen LogP contribution >= 0.6 is 0 Å². The first kappa shape index (κ1) is 11.4. The predicted octanol–water partition coefficient (Wildman–Crippen LogP) is 0.704. The molecule has 0 bridgehead atoms. The molecule has 1 aliphatic heterocycles. The Morgan fingerprint density at radius 3 is 2.81 bits per heavy atom. The van der Waals surface area contributed by atoms with E-state index in [-0.39, 0.29) is 18.1 Å². The lowest BCUT2D eigenvalue weighted by molar-refractivity contribution is -0.150. The molecule has 1 aromatic carbocycles. The van der Waals surface area contributed by atoms with Crippen LogP contribution < -0.4 is 10.5 Å². The number of ether oxygens (including phenoxy) is 2. The third-order valence-electron chi connectivity index (χ3n) is 3.21. The standard InChI is InChI=1S/C12H17NO3/c1-15-10-4-2-3-9(5-10)11(13)12(6-14)7-16-8-12/h2-5,11,14H,6-8,13H2,1H3. The molecule has 1 atom stereocenters. The fourth-order valence-corrected chi connectivity index (χ4v) is 1.92. The molecule has 4 nitrogen and oxygen atoms in total. The highest BCUT2D eigenvalue weighted by molar-refractivity contribution is 5.32. The Labute approximate surface area is 95.0 Å². The highest BCUT2D eigenvalue weighted by atomic mass is 16.5. The molecule has 16 heavy (non-hydrogen) atoms. The number of benzene rings is 1. The lowest BCUT2D eigenvalue weighted by atomic mass is 9.76. The summed E-state index contributed by atoms with van der Waals surface area (Å²) in [5.41, 5.74) is 6.82. The average Bonchev–Trinajstić information content (AvgIpc) is 2.28. The van der Waals surface area contributed by atoms with E-state index in [1.165, 1.54) is 0 Å². The minimum atomic E-state index is -0.327. The van der Waals surface area contributed by atoms with Crippen molar-refractivity contribution in [3.8, 4) is 5.75 Å². The van der Waals surface area contributed by atoms with E-state index < -0.39 is 0 Å². The fourth-order valence-electron chi connectivity index (χ4n) is 1.92. The van der Waals surface area contributed by atoms with Gasteiger partial charge in [-0.25, -0.2) is 0 Å². The molecule has 88 valence electrons. The van der Waals surface area contributed by atoms with E-state index in [9.17, 15) is 5.11 Å². The molecule has 1 saturated heterocycles. The van der Waals surface area contributed by atoms with Crippen LogP contribution in [0.3, 0.4) is 0 Å². The molecule has 3 N–H and O–H groups in total. The summed E-state index contributed by atoms with van der Waals surface area (Å²) in [7, 11) is 1.62. The summed E-state index contributed by atoms with van der Waals surface area (Å²) in [6.07, 6.45) is 0. The van der Waals surface area contributed by atoms with Crippen molar-refractivity contribution in [3.05, 3.63) is 29.8 Å². The van der Waals surface area contributed by atoms with Crippen molar-refractivity contribution in [2.75, 3.05) is 26.9 Å². The van der Waals surface area contributed by atoms with Gasteiger partial charge in [0.25, 0.3) is 0 Å². The third-order valence-corrected chi connectivity index (χ3v) is 3.21. The molecule has 2 rings (SSSR count). The van der Waals surface area contributed by atoms with Gasteiger partial charge in [-0.05, 0) is 17.7 Å². The molecule has 0 radical (unpaired) electrons. The van der Waals surface area contributed by atoms with Gasteiger partial charge < -0.3 is 20.3 Å². The molecule has 0 spiro atoms. The van der Waals surface area contributed by atoms with Gasteiger partial charge in [-0.2, -0.15) is 0 Å². The van der Waals surface area contributed by atoms with E-state index >= 15 is 0 Å². The summed E-state index contributed by atoms with van der Waals surface area (Å²) >= 11 is 0. The van der Waals surface area contributed by atoms with Crippen molar-refractivity contribution in [3.63, 3.8) is 0 Å². The first-order valence-corrected chi connectivity index (χ1v) is 5.30. The Bertz CT molecular complexity index is 358. The second-order valence-corrected chi connectivity index (χ2v) is 4.27. The van der Waals surface area contributed by atoms with E-state index in [4.69, 9.17) is 15.2 Å². The molecule has 4 heteroatoms. The topological polar surface area (TPSA) is 64.7 Å². The first-order chi connectivity index (χ1) is 7.72. The Morgan fingerprint density at radius 1 is 1.56 bits per heavy atom. The second-order valence-electron chi connectivity index (χ2n) is 4.27. The minimum absolute atomic E-state index is 0.0470. The Hall–Kier alpha value is -1.10. The van der Waals surface area contributed by atoms with Crippen LogP contribution in [0.15, 0.2) is 24.3 Å². The van der Waals surface area contributed by atoms with Crippen molar-refractivity contribution in [1.29, 1.82) is 0 Å². The number of aliphatic hydroxyl groups excluding tert-OH is 1. The van der Waals surface area contributed by atoms with Gasteiger partial charge in [-0.1, -0.05) is 12.1 Å². The molecule has 1 heterocycles. The number of nitrogens with two attached hydrogens (primary N) is 1. The van der Waals surface area contributed by atoms with Crippen LogP contribution in [0.2, 0.25) is 0 Å². The van der Waals surface area contributed by atoms with E-state index in [1.807, 2.05) is 24.3 Å². The maximum atomic E-state index is 9.40. The maximum absolute atomic E-state index is 9.40. The first-order valence-electron chi connectivity index (χ1n) is 5.30. The van der Waals surface area contributed by atoms with Crippen molar-refractivity contribution in [1.82, 2.24) is 0 Å². The van der Waals surface area contributed by atoms with Crippen LogP contribution in [-0.2, 0) is 4.74 Å². The van der Waals surface area contributed by atoms with Crippen LogP contribution in [0.1, 0.15) is 11.6 Å². The summed E-state index contributed by atoms with van der Waals surface area (Å²) in [6, 6.07) is 7.41. The maximum Gasteiger partial charge on any atom is 0.119 e. The summed E-state index contributed by atoms with van der Waals surface area (Å²) in [5.74, 6) is 0.779. The number of hydrogen-bond acceptors (Lipinski definition) is 4. The lowest BCUT2D eigenvalue weighted by Gasteiger charge is -2.44. The van der Waals surface area contributed by atoms with Crippen molar-refractivity contribution < 1.29 is 14.6 Å². The number of methoxy groups -OCH3 is 1. The smallest absolute Gasteiger partial charge is 0.119 e. The Kier molecular flexibility index (Phi) is 3.14. The molecule has 1 fully saturated rings. The van der Waals surface area contributed by atoms with E-state index in [2.05, 4.69) is 0 Å². The fraction of sp³-hybridized carbons (Fsp3) is 0.500. The Balaban J connectivity index is 2.22. The minimum Gasteiger partial charge on any atom is -0.497 e. The van der Waals surface area contributed by atoms with Crippen molar-refractivity contribution in [2.24, 2.45) is 11.1 Å². The predicted molar refractivity (Wildman–Crippen MR) is 60.3 cm³/mol. The molecule has 0 aliphatic carbocycles. The summed E-state index contributed by atoms with van der Waals surface area (Å²) in [6.45, 7) is 1.08. The van der Waals surface area contributed by atoms with Crippen molar-refractivity contribution in [2.45, 2.75) is 6.04 Å². The van der Waals surface area contributed by atoms with Crippen LogP contribution in [0.5, 0.6) is 5.75 Å². The van der Waals surface area contributed by atoms with Gasteiger partial charge >= 0.3 is 0 Å². The highest BCUT2D eigenvalue weighted by Crippen LogP contribution is 2.39. The molecule has 1 aromatic rings. The number of rotatable bonds is 4. The van der Waals surface area contributed by atoms with Gasteiger partial charge in [0, 0.05) is 6.04 Å². The molecule has 1 unspecified atom stereocenters. The van der Waals surface area contributed by atoms with Crippen LogP contribution in [0.4, 0.5) is 0 Å². The normalized spacial score (nSPS) is 19.9. The van der Waals surface area contributed by atoms with E-state index in [0.717, 1.165) is 11.3 Å². The monoisotopic (exact) mass is 223 g/mol. The second kappa shape index (κ2) is 4.41. The zero-order valence-corrected chi connectivity index (χ0v) is 9.35. The van der Waals surface area contributed by atoms with E-state index in [1.54, 1.807) is 7.11 Å². The van der Waals surface area contributed by atoms with Crippen molar-refractivity contribution >= 4 is 0 Å². The quantitative estimate of drug-likeness (QED) is 0.788. The van der Waals surface area contributed by atoms with Crippen LogP contribution in [0.25, 0.3) is 0 Å².